The highest BCUT2D eigenvalue weighted by Gasteiger charge is 2.25. The van der Waals surface area contributed by atoms with E-state index in [1.54, 1.807) is 6.07 Å². The summed E-state index contributed by atoms with van der Waals surface area (Å²) < 4.78 is 0. The largest absolute Gasteiger partial charge is 0.478 e. The van der Waals surface area contributed by atoms with Crippen LogP contribution in [0.25, 0.3) is 10.9 Å². The Morgan fingerprint density at radius 1 is 1.33 bits per heavy atom. The molecule has 0 saturated carbocycles. The second-order valence-corrected chi connectivity index (χ2v) is 4.51. The van der Waals surface area contributed by atoms with E-state index >= 15 is 0 Å². The maximum Gasteiger partial charge on any atom is 0.336 e. The van der Waals surface area contributed by atoms with E-state index in [1.807, 2.05) is 0 Å². The number of fused-ring (bicyclic) bond motifs is 1. The number of benzene rings is 1. The summed E-state index contributed by atoms with van der Waals surface area (Å²) in [5.41, 5.74) is 0.806. The summed E-state index contributed by atoms with van der Waals surface area (Å²) in [5.74, 6) is -1.48. The molecule has 2 aromatic rings. The minimum absolute atomic E-state index is 0.00722. The molecule has 106 valence electrons. The van der Waals surface area contributed by atoms with Crippen LogP contribution in [0.5, 0.6) is 0 Å². The van der Waals surface area contributed by atoms with Gasteiger partial charge in [0.15, 0.2) is 0 Å². The maximum atomic E-state index is 11.8. The first-order valence-corrected chi connectivity index (χ1v) is 6.14. The molecule has 0 atom stereocenters. The van der Waals surface area contributed by atoms with Crippen LogP contribution in [-0.2, 0) is 4.79 Å². The maximum absolute atomic E-state index is 11.8. The summed E-state index contributed by atoms with van der Waals surface area (Å²) in [4.78, 5) is 43.5. The molecule has 1 aliphatic rings. The van der Waals surface area contributed by atoms with Crippen LogP contribution in [0.4, 0.5) is 10.5 Å². The predicted molar refractivity (Wildman–Crippen MR) is 72.0 cm³/mol. The van der Waals surface area contributed by atoms with E-state index in [0.717, 1.165) is 0 Å². The van der Waals surface area contributed by atoms with E-state index in [0.29, 0.717) is 16.6 Å². The van der Waals surface area contributed by atoms with Crippen LogP contribution in [0.15, 0.2) is 24.7 Å². The number of carbonyl (C=O) groups excluding carboxylic acids is 2. The lowest BCUT2D eigenvalue weighted by atomic mass is 10.1. The molecule has 1 saturated heterocycles. The van der Waals surface area contributed by atoms with Gasteiger partial charge < -0.3 is 5.11 Å². The third-order valence-electron chi connectivity index (χ3n) is 3.21. The molecule has 3 amide bonds. The number of carboxylic acids is 1. The van der Waals surface area contributed by atoms with E-state index in [-0.39, 0.29) is 24.4 Å². The Morgan fingerprint density at radius 3 is 2.86 bits per heavy atom. The van der Waals surface area contributed by atoms with Crippen LogP contribution in [0.1, 0.15) is 16.8 Å². The number of hydrogen-bond acceptors (Lipinski definition) is 5. The third kappa shape index (κ3) is 2.27. The van der Waals surface area contributed by atoms with Crippen molar-refractivity contribution in [3.8, 4) is 0 Å². The van der Waals surface area contributed by atoms with Gasteiger partial charge in [-0.2, -0.15) is 0 Å². The Labute approximate surface area is 118 Å². The zero-order valence-electron chi connectivity index (χ0n) is 10.7. The molecule has 8 nitrogen and oxygen atoms in total. The molecule has 21 heavy (non-hydrogen) atoms. The number of anilines is 1. The Kier molecular flexibility index (Phi) is 2.98. The summed E-state index contributed by atoms with van der Waals surface area (Å²) >= 11 is 0. The lowest BCUT2D eigenvalue weighted by molar-refractivity contribution is -0.120. The number of amides is 3. The van der Waals surface area contributed by atoms with Crippen molar-refractivity contribution in [2.75, 3.05) is 11.4 Å². The van der Waals surface area contributed by atoms with Crippen molar-refractivity contribution in [3.63, 3.8) is 0 Å². The summed E-state index contributed by atoms with van der Waals surface area (Å²) in [6.07, 6.45) is 2.88. The van der Waals surface area contributed by atoms with Crippen molar-refractivity contribution < 1.29 is 19.5 Å². The number of urea groups is 1. The van der Waals surface area contributed by atoms with Crippen molar-refractivity contribution >= 4 is 34.5 Å². The summed E-state index contributed by atoms with van der Waals surface area (Å²) in [6, 6.07) is 2.40. The van der Waals surface area contributed by atoms with Crippen LogP contribution < -0.4 is 10.2 Å². The highest BCUT2D eigenvalue weighted by atomic mass is 16.4. The lowest BCUT2D eigenvalue weighted by Crippen LogP contribution is -2.49. The standard InChI is InChI=1S/C13H10N4O4/c18-11-1-2-17(13(21)16-11)7-3-8(12(19)20)9-5-14-6-15-10(9)4-7/h3-6H,1-2H2,(H,19,20)(H,16,18,21). The molecule has 0 radical (unpaired) electrons. The van der Waals surface area contributed by atoms with Gasteiger partial charge in [-0.05, 0) is 12.1 Å². The van der Waals surface area contributed by atoms with E-state index in [4.69, 9.17) is 0 Å². The lowest BCUT2D eigenvalue weighted by Gasteiger charge is -2.27. The Bertz CT molecular complexity index is 774. The topological polar surface area (TPSA) is 112 Å². The van der Waals surface area contributed by atoms with Crippen LogP contribution in [0.2, 0.25) is 0 Å². The molecule has 1 aromatic carbocycles. The van der Waals surface area contributed by atoms with Crippen LogP contribution in [-0.4, -0.2) is 39.5 Å². The van der Waals surface area contributed by atoms with Gasteiger partial charge >= 0.3 is 12.0 Å². The number of aromatic nitrogens is 2. The van der Waals surface area contributed by atoms with Crippen molar-refractivity contribution in [1.29, 1.82) is 0 Å². The highest BCUT2D eigenvalue weighted by Crippen LogP contribution is 2.25. The average Bonchev–Trinajstić information content (AvgIpc) is 2.46. The molecule has 1 fully saturated rings. The normalized spacial score (nSPS) is 15.1. The van der Waals surface area contributed by atoms with E-state index in [9.17, 15) is 19.5 Å². The summed E-state index contributed by atoms with van der Waals surface area (Å²) in [7, 11) is 0. The molecule has 1 aromatic heterocycles. The minimum atomic E-state index is -1.13. The van der Waals surface area contributed by atoms with Gasteiger partial charge in [-0.1, -0.05) is 0 Å². The van der Waals surface area contributed by atoms with Gasteiger partial charge in [0, 0.05) is 30.2 Å². The molecule has 0 unspecified atom stereocenters. The number of aromatic carboxylic acids is 1. The Hall–Kier alpha value is -3.03. The fourth-order valence-electron chi connectivity index (χ4n) is 2.21. The molecule has 8 heteroatoms. The SMILES string of the molecule is O=C1CCN(c2cc(C(=O)O)c3cncnc3c2)C(=O)N1. The molecule has 0 bridgehead atoms. The first-order chi connectivity index (χ1) is 10.1. The fourth-order valence-corrected chi connectivity index (χ4v) is 2.21. The fraction of sp³-hybridized carbons (Fsp3) is 0.154. The molecule has 0 spiro atoms. The Morgan fingerprint density at radius 2 is 2.14 bits per heavy atom. The number of rotatable bonds is 2. The highest BCUT2D eigenvalue weighted by molar-refractivity contribution is 6.09. The molecular formula is C13H10N4O4. The van der Waals surface area contributed by atoms with Crippen molar-refractivity contribution in [3.05, 3.63) is 30.2 Å². The van der Waals surface area contributed by atoms with Gasteiger partial charge in [-0.15, -0.1) is 0 Å². The predicted octanol–water partition coefficient (Wildman–Crippen LogP) is 0.774. The summed E-state index contributed by atoms with van der Waals surface area (Å²) in [5, 5.41) is 11.9. The number of hydrogen-bond donors (Lipinski definition) is 2. The smallest absolute Gasteiger partial charge is 0.336 e. The number of imide groups is 1. The summed E-state index contributed by atoms with van der Waals surface area (Å²) in [6.45, 7) is 0.195. The first-order valence-electron chi connectivity index (χ1n) is 6.14. The average molecular weight is 286 g/mol. The molecular weight excluding hydrogens is 276 g/mol. The van der Waals surface area contributed by atoms with Gasteiger partial charge in [0.25, 0.3) is 0 Å². The molecule has 1 aliphatic heterocycles. The molecule has 3 rings (SSSR count). The van der Waals surface area contributed by atoms with Gasteiger partial charge in [0.2, 0.25) is 5.91 Å². The quantitative estimate of drug-likeness (QED) is 0.843. The second-order valence-electron chi connectivity index (χ2n) is 4.51. The zero-order chi connectivity index (χ0) is 15.0. The molecule has 2 N–H and O–H groups in total. The Balaban J connectivity index is 2.13. The minimum Gasteiger partial charge on any atom is -0.478 e. The number of nitrogens with one attached hydrogen (secondary N) is 1. The van der Waals surface area contributed by atoms with Crippen LogP contribution in [0.3, 0.4) is 0 Å². The van der Waals surface area contributed by atoms with E-state index in [2.05, 4.69) is 15.3 Å². The second kappa shape index (κ2) is 4.82. The van der Waals surface area contributed by atoms with Crippen LogP contribution >= 0.6 is 0 Å². The number of nitrogens with zero attached hydrogens (tertiary/aromatic N) is 3. The van der Waals surface area contributed by atoms with Gasteiger partial charge in [0.1, 0.15) is 6.33 Å². The van der Waals surface area contributed by atoms with E-state index in [1.165, 1.54) is 23.5 Å². The molecule has 2 heterocycles. The monoisotopic (exact) mass is 286 g/mol. The van der Waals surface area contributed by atoms with Crippen molar-refractivity contribution in [2.45, 2.75) is 6.42 Å². The number of carboxylic acid groups (broad SMARTS) is 1. The van der Waals surface area contributed by atoms with Gasteiger partial charge in [-0.3, -0.25) is 15.0 Å². The van der Waals surface area contributed by atoms with Crippen molar-refractivity contribution in [2.24, 2.45) is 0 Å². The third-order valence-corrected chi connectivity index (χ3v) is 3.21. The first kappa shape index (κ1) is 13.0. The molecule has 0 aliphatic carbocycles. The van der Waals surface area contributed by atoms with Gasteiger partial charge in [0.05, 0.1) is 11.1 Å². The zero-order valence-corrected chi connectivity index (χ0v) is 10.7. The van der Waals surface area contributed by atoms with Gasteiger partial charge in [-0.25, -0.2) is 19.6 Å². The van der Waals surface area contributed by atoms with E-state index < -0.39 is 12.0 Å². The van der Waals surface area contributed by atoms with Crippen LogP contribution in [0, 0.1) is 0 Å². The number of carbonyl (C=O) groups is 3. The van der Waals surface area contributed by atoms with Crippen molar-refractivity contribution in [1.82, 2.24) is 15.3 Å².